The molecule has 0 aliphatic carbocycles. The van der Waals surface area contributed by atoms with Crippen LogP contribution in [0.25, 0.3) is 0 Å². The highest BCUT2D eigenvalue weighted by Crippen LogP contribution is 2.12. The topological polar surface area (TPSA) is 259 Å². The van der Waals surface area contributed by atoms with Crippen molar-refractivity contribution >= 4 is 47.5 Å². The monoisotopic (exact) mass is 974 g/mol. The molecule has 22 heteroatoms. The van der Waals surface area contributed by atoms with Crippen LogP contribution in [0.3, 0.4) is 0 Å². The number of unbranched alkanes of at least 4 members (excludes halogenated alkanes) is 4. The Morgan fingerprint density at radius 2 is 1.07 bits per heavy atom. The third-order valence-electron chi connectivity index (χ3n) is 8.56. The molecule has 0 saturated carbocycles. The van der Waals surface area contributed by atoms with Crippen molar-refractivity contribution in [3.8, 4) is 0 Å². The minimum absolute atomic E-state index is 0.0147. The number of anilines is 1. The first kappa shape index (κ1) is 60.1. The zero-order valence-electron chi connectivity index (χ0n) is 39.5. The van der Waals surface area contributed by atoms with E-state index in [-0.39, 0.29) is 85.7 Å². The van der Waals surface area contributed by atoms with Crippen molar-refractivity contribution in [1.29, 1.82) is 0 Å². The Bertz CT molecular complexity index is 1530. The highest BCUT2D eigenvalue weighted by atomic mass is 35.5. The van der Waals surface area contributed by atoms with Crippen LogP contribution in [-0.4, -0.2) is 168 Å². The summed E-state index contributed by atoms with van der Waals surface area (Å²) in [7, 11) is 1.69. The number of rotatable bonds is 41. The minimum Gasteiger partial charge on any atom is -0.447 e. The number of alkyl carbamates (subject to hydrolysis) is 4. The lowest BCUT2D eigenvalue weighted by atomic mass is 10.2. The number of benzene rings is 1. The van der Waals surface area contributed by atoms with E-state index in [2.05, 4.69) is 38.5 Å². The third kappa shape index (κ3) is 39.9. The van der Waals surface area contributed by atoms with Gasteiger partial charge in [0, 0.05) is 57.1 Å². The summed E-state index contributed by atoms with van der Waals surface area (Å²) in [5.74, 6) is 1.35. The SMILES string of the molecule is CCCCC(N)=CC(=NC)Nc1cccc(CNC(=O)OCCOCCOCCNC(=O)OC/C=C/COC(=O)NCCOCCOCCOC(=O)NCCOCCOCCCCCCCl)c1. The van der Waals surface area contributed by atoms with Gasteiger partial charge in [0.1, 0.15) is 32.3 Å². The van der Waals surface area contributed by atoms with Gasteiger partial charge in [0.15, 0.2) is 0 Å². The number of hydrogen-bond donors (Lipinski definition) is 6. The standard InChI is InChI=1S/C45H76ClN7O14/c1-3-4-13-39(47)36-41(48-2)53-40-14-11-12-38(35-40)37-52-45(57)67-34-32-63-30-28-61-23-17-50-43(55)65-21-10-9-20-64-42(54)49-16-22-60-27-29-62-31-33-66-44(56)51-18-24-59-26-25-58-19-8-6-5-7-15-46/h9-12,14,35-36H,3-8,13,15-34,37,47H2,1-2H3,(H,48,53)(H,49,54)(H,50,55)(H,51,56)(H,52,57)/b10-9+,39-36?. The molecule has 0 unspecified atom stereocenters. The number of alkyl halides is 1. The molecule has 7 N–H and O–H groups in total. The molecule has 4 amide bonds. The fourth-order valence-electron chi connectivity index (χ4n) is 5.13. The van der Waals surface area contributed by atoms with Gasteiger partial charge in [0.25, 0.3) is 0 Å². The van der Waals surface area contributed by atoms with Crippen LogP contribution in [0.2, 0.25) is 0 Å². The lowest BCUT2D eigenvalue weighted by Gasteiger charge is -2.11. The lowest BCUT2D eigenvalue weighted by Crippen LogP contribution is -2.29. The first-order chi connectivity index (χ1) is 32.8. The number of halogens is 1. The van der Waals surface area contributed by atoms with E-state index in [9.17, 15) is 19.2 Å². The van der Waals surface area contributed by atoms with E-state index in [0.29, 0.717) is 57.9 Å². The fourth-order valence-corrected chi connectivity index (χ4v) is 5.32. The number of carbonyl (C=O) groups excluding carboxylic acids is 4. The second-order valence-corrected chi connectivity index (χ2v) is 14.5. The number of hydrogen-bond acceptors (Lipinski definition) is 16. The Morgan fingerprint density at radius 1 is 0.597 bits per heavy atom. The molecule has 0 aromatic heterocycles. The maximum atomic E-state index is 12.1. The Balaban J connectivity index is 1.88. The Kier molecular flexibility index (Phi) is 40.3. The number of nitrogens with one attached hydrogen (secondary N) is 5. The van der Waals surface area contributed by atoms with Gasteiger partial charge < -0.3 is 79.7 Å². The summed E-state index contributed by atoms with van der Waals surface area (Å²) < 4.78 is 52.7. The van der Waals surface area contributed by atoms with Gasteiger partial charge in [-0.1, -0.05) is 38.3 Å². The minimum atomic E-state index is -0.628. The van der Waals surface area contributed by atoms with Crippen LogP contribution in [-0.2, 0) is 53.9 Å². The molecule has 0 bridgehead atoms. The average Bonchev–Trinajstić information content (AvgIpc) is 3.32. The van der Waals surface area contributed by atoms with Crippen LogP contribution < -0.4 is 32.3 Å². The van der Waals surface area contributed by atoms with Gasteiger partial charge in [-0.25, -0.2) is 19.2 Å². The quantitative estimate of drug-likeness (QED) is 0.0126. The molecule has 0 heterocycles. The number of nitrogens with zero attached hydrogens (tertiary/aromatic N) is 1. The van der Waals surface area contributed by atoms with E-state index in [1.54, 1.807) is 19.2 Å². The molecule has 21 nitrogen and oxygen atoms in total. The number of amidine groups is 1. The number of ether oxygens (including phenoxy) is 10. The number of aliphatic imine (C=N–C) groups is 1. The van der Waals surface area contributed by atoms with Gasteiger partial charge in [0.05, 0.1) is 72.7 Å². The summed E-state index contributed by atoms with van der Waals surface area (Å²) in [5, 5.41) is 13.7. The molecule has 1 aromatic carbocycles. The van der Waals surface area contributed by atoms with Crippen molar-refractivity contribution in [3.63, 3.8) is 0 Å². The van der Waals surface area contributed by atoms with E-state index >= 15 is 0 Å². The molecular formula is C45H76ClN7O14. The molecule has 0 aliphatic heterocycles. The van der Waals surface area contributed by atoms with Crippen LogP contribution in [0.1, 0.15) is 57.4 Å². The van der Waals surface area contributed by atoms with E-state index in [1.165, 1.54) is 0 Å². The summed E-state index contributed by atoms with van der Waals surface area (Å²) in [6, 6.07) is 7.58. The molecular weight excluding hydrogens is 898 g/mol. The first-order valence-corrected chi connectivity index (χ1v) is 23.4. The van der Waals surface area contributed by atoms with Crippen molar-refractivity contribution in [2.75, 3.05) is 144 Å². The van der Waals surface area contributed by atoms with Crippen LogP contribution in [0, 0.1) is 0 Å². The number of carbonyl (C=O) groups is 4. The van der Waals surface area contributed by atoms with Crippen LogP contribution in [0.5, 0.6) is 0 Å². The normalized spacial score (nSPS) is 11.6. The zero-order valence-corrected chi connectivity index (χ0v) is 40.2. The fraction of sp³-hybridized carbons (Fsp3) is 0.667. The van der Waals surface area contributed by atoms with Crippen molar-refractivity contribution in [2.45, 2.75) is 58.4 Å². The largest absolute Gasteiger partial charge is 0.447 e. The van der Waals surface area contributed by atoms with Crippen molar-refractivity contribution < 1.29 is 66.5 Å². The number of nitrogens with two attached hydrogens (primary N) is 1. The molecule has 0 fully saturated rings. The predicted octanol–water partition coefficient (Wildman–Crippen LogP) is 5.02. The maximum Gasteiger partial charge on any atom is 0.407 e. The molecule has 1 rings (SSSR count). The van der Waals surface area contributed by atoms with E-state index in [1.807, 2.05) is 30.3 Å². The summed E-state index contributed by atoms with van der Waals surface area (Å²) in [6.07, 6.45) is 9.71. The second-order valence-electron chi connectivity index (χ2n) is 14.1. The summed E-state index contributed by atoms with van der Waals surface area (Å²) in [5.41, 5.74) is 8.55. The Labute approximate surface area is 400 Å². The van der Waals surface area contributed by atoms with E-state index in [4.69, 9.17) is 64.7 Å². The molecule has 0 saturated heterocycles. The summed E-state index contributed by atoms with van der Waals surface area (Å²) in [4.78, 5) is 51.7. The highest BCUT2D eigenvalue weighted by Gasteiger charge is 2.06. The van der Waals surface area contributed by atoms with Crippen LogP contribution >= 0.6 is 11.6 Å². The lowest BCUT2D eigenvalue weighted by molar-refractivity contribution is 0.0276. The predicted molar refractivity (Wildman–Crippen MR) is 255 cm³/mol. The van der Waals surface area contributed by atoms with E-state index < -0.39 is 24.4 Å². The summed E-state index contributed by atoms with van der Waals surface area (Å²) in [6.45, 7) is 7.39. The van der Waals surface area contributed by atoms with Gasteiger partial charge in [-0.15, -0.1) is 11.6 Å². The van der Waals surface area contributed by atoms with Crippen molar-refractivity contribution in [1.82, 2.24) is 21.3 Å². The van der Waals surface area contributed by atoms with Crippen molar-refractivity contribution in [3.05, 3.63) is 53.8 Å². The zero-order chi connectivity index (χ0) is 48.7. The molecule has 382 valence electrons. The smallest absolute Gasteiger partial charge is 0.407 e. The van der Waals surface area contributed by atoms with E-state index in [0.717, 1.165) is 61.9 Å². The molecule has 67 heavy (non-hydrogen) atoms. The first-order valence-electron chi connectivity index (χ1n) is 22.9. The Morgan fingerprint density at radius 3 is 1.60 bits per heavy atom. The van der Waals surface area contributed by atoms with Gasteiger partial charge in [0.2, 0.25) is 0 Å². The average molecular weight is 975 g/mol. The molecule has 0 spiro atoms. The van der Waals surface area contributed by atoms with Gasteiger partial charge in [-0.3, -0.25) is 4.99 Å². The highest BCUT2D eigenvalue weighted by molar-refractivity contribution is 6.17. The maximum absolute atomic E-state index is 12.1. The molecule has 0 radical (unpaired) electrons. The second kappa shape index (κ2) is 44.9. The van der Waals surface area contributed by atoms with Crippen LogP contribution in [0.4, 0.5) is 24.9 Å². The third-order valence-corrected chi connectivity index (χ3v) is 8.83. The molecule has 1 aromatic rings. The van der Waals surface area contributed by atoms with Gasteiger partial charge in [-0.2, -0.15) is 0 Å². The molecule has 0 atom stereocenters. The number of amides is 4. The van der Waals surface area contributed by atoms with Gasteiger partial charge >= 0.3 is 24.4 Å². The molecule has 0 aliphatic rings. The van der Waals surface area contributed by atoms with Crippen LogP contribution in [0.15, 0.2) is 53.2 Å². The summed E-state index contributed by atoms with van der Waals surface area (Å²) >= 11 is 5.65. The van der Waals surface area contributed by atoms with Crippen molar-refractivity contribution in [2.24, 2.45) is 10.7 Å². The number of allylic oxidation sites excluding steroid dienone is 1. The Hall–Kier alpha value is -4.90. The van der Waals surface area contributed by atoms with Gasteiger partial charge in [-0.05, 0) is 61.6 Å².